The number of nitrogens with two attached hydrogens (primary N) is 1. The highest BCUT2D eigenvalue weighted by molar-refractivity contribution is 9.10. The van der Waals surface area contributed by atoms with Crippen LogP contribution in [0.2, 0.25) is 0 Å². The lowest BCUT2D eigenvalue weighted by molar-refractivity contribution is 0.102. The lowest BCUT2D eigenvalue weighted by Crippen LogP contribution is -2.17. The molecule has 1 aromatic heterocycles. The average molecular weight is 349 g/mol. The summed E-state index contributed by atoms with van der Waals surface area (Å²) in [5.74, 6) is -0.220. The summed E-state index contributed by atoms with van der Waals surface area (Å²) in [5.41, 5.74) is 9.93. The standard InChI is InChI=1S/C15H17BrN4O/c1-4-13-11(6-9(3)19-20-13)15(21)18-14-8(2)5-10(16)7-12(14)17/h5-7H,4,17H2,1-3H3,(H,18,21). The first-order valence-electron chi connectivity index (χ1n) is 6.62. The molecule has 0 saturated carbocycles. The molecule has 2 rings (SSSR count). The zero-order valence-corrected chi connectivity index (χ0v) is 13.8. The normalized spacial score (nSPS) is 10.5. The summed E-state index contributed by atoms with van der Waals surface area (Å²) >= 11 is 3.38. The fourth-order valence-corrected chi connectivity index (χ4v) is 2.68. The van der Waals surface area contributed by atoms with Crippen molar-refractivity contribution in [1.29, 1.82) is 0 Å². The van der Waals surface area contributed by atoms with Crippen molar-refractivity contribution in [3.05, 3.63) is 45.2 Å². The first-order chi connectivity index (χ1) is 9.92. The van der Waals surface area contributed by atoms with E-state index in [9.17, 15) is 4.79 Å². The van der Waals surface area contributed by atoms with Crippen molar-refractivity contribution < 1.29 is 4.79 Å². The lowest BCUT2D eigenvalue weighted by atomic mass is 10.1. The van der Waals surface area contributed by atoms with E-state index in [0.29, 0.717) is 34.7 Å². The number of rotatable bonds is 3. The number of nitrogens with one attached hydrogen (secondary N) is 1. The number of aryl methyl sites for hydroxylation is 3. The molecule has 0 saturated heterocycles. The van der Waals surface area contributed by atoms with Crippen LogP contribution in [-0.4, -0.2) is 16.1 Å². The molecule has 0 aliphatic carbocycles. The fraction of sp³-hybridized carbons (Fsp3) is 0.267. The number of halogens is 1. The summed E-state index contributed by atoms with van der Waals surface area (Å²) in [5, 5.41) is 10.9. The van der Waals surface area contributed by atoms with E-state index < -0.39 is 0 Å². The van der Waals surface area contributed by atoms with Crippen molar-refractivity contribution in [1.82, 2.24) is 10.2 Å². The minimum Gasteiger partial charge on any atom is -0.397 e. The Bertz CT molecular complexity index is 677. The van der Waals surface area contributed by atoms with Crippen molar-refractivity contribution in [2.24, 2.45) is 0 Å². The zero-order valence-electron chi connectivity index (χ0n) is 12.2. The van der Waals surface area contributed by atoms with Crippen LogP contribution < -0.4 is 11.1 Å². The van der Waals surface area contributed by atoms with Gasteiger partial charge in [-0.15, -0.1) is 0 Å². The van der Waals surface area contributed by atoms with Crippen LogP contribution >= 0.6 is 15.9 Å². The lowest BCUT2D eigenvalue weighted by Gasteiger charge is -2.13. The summed E-state index contributed by atoms with van der Waals surface area (Å²) in [6, 6.07) is 5.41. The van der Waals surface area contributed by atoms with Gasteiger partial charge >= 0.3 is 0 Å². The van der Waals surface area contributed by atoms with Crippen LogP contribution in [0, 0.1) is 13.8 Å². The zero-order chi connectivity index (χ0) is 15.6. The molecule has 1 aromatic carbocycles. The van der Waals surface area contributed by atoms with Gasteiger partial charge < -0.3 is 11.1 Å². The molecular weight excluding hydrogens is 332 g/mol. The highest BCUT2D eigenvalue weighted by Crippen LogP contribution is 2.28. The van der Waals surface area contributed by atoms with Gasteiger partial charge in [0.1, 0.15) is 0 Å². The van der Waals surface area contributed by atoms with E-state index in [-0.39, 0.29) is 5.91 Å². The molecular formula is C15H17BrN4O. The smallest absolute Gasteiger partial charge is 0.257 e. The van der Waals surface area contributed by atoms with Gasteiger partial charge in [-0.05, 0) is 44.0 Å². The SMILES string of the molecule is CCc1nnc(C)cc1C(=O)Nc1c(C)cc(Br)cc1N. The molecule has 0 aliphatic heterocycles. The van der Waals surface area contributed by atoms with Crippen molar-refractivity contribution in [2.75, 3.05) is 11.1 Å². The Labute approximate surface area is 132 Å². The van der Waals surface area contributed by atoms with Gasteiger partial charge in [0.2, 0.25) is 0 Å². The van der Waals surface area contributed by atoms with Crippen LogP contribution in [-0.2, 0) is 6.42 Å². The molecule has 1 heterocycles. The number of anilines is 2. The maximum atomic E-state index is 12.5. The van der Waals surface area contributed by atoms with Gasteiger partial charge in [0.15, 0.2) is 0 Å². The molecule has 0 bridgehead atoms. The highest BCUT2D eigenvalue weighted by atomic mass is 79.9. The van der Waals surface area contributed by atoms with Crippen LogP contribution in [0.15, 0.2) is 22.7 Å². The third kappa shape index (κ3) is 3.39. The second-order valence-corrected chi connectivity index (χ2v) is 5.76. The minimum absolute atomic E-state index is 0.220. The Morgan fingerprint density at radius 3 is 2.62 bits per heavy atom. The number of benzene rings is 1. The predicted octanol–water partition coefficient (Wildman–Crippen LogP) is 3.25. The van der Waals surface area contributed by atoms with E-state index in [1.165, 1.54) is 0 Å². The Balaban J connectivity index is 2.37. The Morgan fingerprint density at radius 1 is 1.29 bits per heavy atom. The van der Waals surface area contributed by atoms with Crippen molar-refractivity contribution in [3.63, 3.8) is 0 Å². The summed E-state index contributed by atoms with van der Waals surface area (Å²) in [4.78, 5) is 12.5. The molecule has 0 unspecified atom stereocenters. The van der Waals surface area contributed by atoms with Crippen molar-refractivity contribution in [3.8, 4) is 0 Å². The molecule has 0 spiro atoms. The number of nitrogens with zero attached hydrogens (tertiary/aromatic N) is 2. The van der Waals surface area contributed by atoms with E-state index in [0.717, 1.165) is 10.0 Å². The second kappa shape index (κ2) is 6.22. The number of aromatic nitrogens is 2. The maximum absolute atomic E-state index is 12.5. The van der Waals surface area contributed by atoms with Crippen molar-refractivity contribution in [2.45, 2.75) is 27.2 Å². The third-order valence-electron chi connectivity index (χ3n) is 3.14. The van der Waals surface area contributed by atoms with Gasteiger partial charge in [0.25, 0.3) is 5.91 Å². The third-order valence-corrected chi connectivity index (χ3v) is 3.60. The van der Waals surface area contributed by atoms with Crippen LogP contribution in [0.4, 0.5) is 11.4 Å². The summed E-state index contributed by atoms with van der Waals surface area (Å²) in [7, 11) is 0. The second-order valence-electron chi connectivity index (χ2n) is 4.84. The van der Waals surface area contributed by atoms with Gasteiger partial charge in [0.05, 0.1) is 28.3 Å². The molecule has 3 N–H and O–H groups in total. The van der Waals surface area contributed by atoms with Gasteiger partial charge in [-0.25, -0.2) is 0 Å². The molecule has 2 aromatic rings. The van der Waals surface area contributed by atoms with Crippen LogP contribution in [0.25, 0.3) is 0 Å². The molecule has 6 heteroatoms. The molecule has 1 amide bonds. The van der Waals surface area contributed by atoms with Crippen LogP contribution in [0.3, 0.4) is 0 Å². The Kier molecular flexibility index (Phi) is 4.57. The largest absolute Gasteiger partial charge is 0.397 e. The molecule has 5 nitrogen and oxygen atoms in total. The van der Waals surface area contributed by atoms with Gasteiger partial charge in [-0.3, -0.25) is 4.79 Å². The summed E-state index contributed by atoms with van der Waals surface area (Å²) < 4.78 is 0.881. The Hall–Kier alpha value is -1.95. The van der Waals surface area contributed by atoms with Gasteiger partial charge in [0, 0.05) is 4.47 Å². The van der Waals surface area contributed by atoms with E-state index in [1.54, 1.807) is 12.1 Å². The number of hydrogen-bond donors (Lipinski definition) is 2. The molecule has 0 radical (unpaired) electrons. The molecule has 0 fully saturated rings. The van der Waals surface area contributed by atoms with E-state index in [2.05, 4.69) is 31.4 Å². The molecule has 0 aliphatic rings. The summed E-state index contributed by atoms with van der Waals surface area (Å²) in [6.07, 6.45) is 0.644. The van der Waals surface area contributed by atoms with E-state index >= 15 is 0 Å². The van der Waals surface area contributed by atoms with Gasteiger partial charge in [-0.1, -0.05) is 22.9 Å². The highest BCUT2D eigenvalue weighted by Gasteiger charge is 2.15. The van der Waals surface area contributed by atoms with Crippen LogP contribution in [0.5, 0.6) is 0 Å². The Morgan fingerprint density at radius 2 is 2.00 bits per heavy atom. The predicted molar refractivity (Wildman–Crippen MR) is 87.4 cm³/mol. The number of carbonyl (C=O) groups is 1. The quantitative estimate of drug-likeness (QED) is 0.834. The molecule has 0 atom stereocenters. The average Bonchev–Trinajstić information content (AvgIpc) is 2.42. The van der Waals surface area contributed by atoms with E-state index in [1.807, 2.05) is 26.8 Å². The van der Waals surface area contributed by atoms with E-state index in [4.69, 9.17) is 5.73 Å². The first-order valence-corrected chi connectivity index (χ1v) is 7.41. The molecule has 21 heavy (non-hydrogen) atoms. The van der Waals surface area contributed by atoms with Crippen LogP contribution in [0.1, 0.15) is 34.2 Å². The minimum atomic E-state index is -0.220. The van der Waals surface area contributed by atoms with Gasteiger partial charge in [-0.2, -0.15) is 10.2 Å². The first kappa shape index (κ1) is 15.4. The molecule has 110 valence electrons. The number of amides is 1. The number of nitrogen functional groups attached to an aromatic ring is 1. The number of hydrogen-bond acceptors (Lipinski definition) is 4. The topological polar surface area (TPSA) is 80.9 Å². The van der Waals surface area contributed by atoms with Crippen molar-refractivity contribution >= 4 is 33.2 Å². The number of carbonyl (C=O) groups excluding carboxylic acids is 1. The fourth-order valence-electron chi connectivity index (χ4n) is 2.09. The maximum Gasteiger partial charge on any atom is 0.257 e. The summed E-state index contributed by atoms with van der Waals surface area (Å²) in [6.45, 7) is 5.64. The monoisotopic (exact) mass is 348 g/mol.